The van der Waals surface area contributed by atoms with Crippen molar-refractivity contribution in [3.63, 3.8) is 0 Å². The molecule has 0 unspecified atom stereocenters. The van der Waals surface area contributed by atoms with E-state index in [4.69, 9.17) is 33.5 Å². The van der Waals surface area contributed by atoms with E-state index in [9.17, 15) is 13.2 Å². The summed E-state index contributed by atoms with van der Waals surface area (Å²) in [4.78, 5) is 10.6. The Morgan fingerprint density at radius 2 is 1.71 bits per heavy atom. The number of amides is 1. The molecule has 0 aliphatic rings. The van der Waals surface area contributed by atoms with Gasteiger partial charge in [-0.25, -0.2) is 0 Å². The van der Waals surface area contributed by atoms with Gasteiger partial charge in [0.25, 0.3) is 10.1 Å². The summed E-state index contributed by atoms with van der Waals surface area (Å²) in [5.74, 6) is -0.549. The standard InChI is InChI=1S/C9H10O3S.C7H5Cl2NO/c1-8(7-13(10,11)12)9-5-3-2-4-6-9;8-4-1-2-5(7(10)11)6(9)3-4/h2-7H,1H3,(H,10,11,12);1-3H,(H2,10,11)/b8-7+;. The fourth-order valence-electron chi connectivity index (χ4n) is 1.68. The molecule has 0 fully saturated rings. The molecule has 2 rings (SSSR count). The smallest absolute Gasteiger partial charge is 0.287 e. The van der Waals surface area contributed by atoms with E-state index >= 15 is 0 Å². The zero-order chi connectivity index (χ0) is 18.3. The van der Waals surface area contributed by atoms with Gasteiger partial charge < -0.3 is 5.73 Å². The van der Waals surface area contributed by atoms with Crippen LogP contribution in [-0.2, 0) is 10.1 Å². The first-order chi connectivity index (χ1) is 11.1. The summed E-state index contributed by atoms with van der Waals surface area (Å²) in [5, 5.41) is 1.60. The number of benzene rings is 2. The van der Waals surface area contributed by atoms with Crippen molar-refractivity contribution < 1.29 is 17.8 Å². The van der Waals surface area contributed by atoms with E-state index in [1.54, 1.807) is 37.3 Å². The Morgan fingerprint density at radius 1 is 1.12 bits per heavy atom. The number of hydrogen-bond donors (Lipinski definition) is 2. The lowest BCUT2D eigenvalue weighted by molar-refractivity contribution is 0.100. The van der Waals surface area contributed by atoms with Crippen molar-refractivity contribution >= 4 is 44.8 Å². The number of rotatable bonds is 3. The fraction of sp³-hybridized carbons (Fsp3) is 0.0625. The SMILES string of the molecule is C/C(=C\S(=O)(=O)O)c1ccccc1.NC(=O)c1ccc(Cl)cc1Cl. The molecule has 0 bridgehead atoms. The molecule has 1 amide bonds. The molecule has 0 radical (unpaired) electrons. The minimum atomic E-state index is -4.03. The molecule has 128 valence electrons. The fourth-order valence-corrected chi connectivity index (χ4v) is 2.77. The Morgan fingerprint density at radius 3 is 2.17 bits per heavy atom. The molecule has 24 heavy (non-hydrogen) atoms. The van der Waals surface area contributed by atoms with Crippen LogP contribution in [0.15, 0.2) is 53.9 Å². The number of halogens is 2. The van der Waals surface area contributed by atoms with Gasteiger partial charge in [-0.05, 0) is 36.3 Å². The summed E-state index contributed by atoms with van der Waals surface area (Å²) < 4.78 is 29.5. The molecule has 0 aliphatic heterocycles. The van der Waals surface area contributed by atoms with Crippen LogP contribution < -0.4 is 5.73 Å². The van der Waals surface area contributed by atoms with Gasteiger partial charge in [-0.15, -0.1) is 0 Å². The maximum Gasteiger partial charge on any atom is 0.287 e. The number of carbonyl (C=O) groups is 1. The Bertz CT molecular complexity index is 850. The molecule has 2 aromatic carbocycles. The molecule has 0 saturated carbocycles. The normalized spacial score (nSPS) is 11.4. The van der Waals surface area contributed by atoms with Crippen LogP contribution in [0.3, 0.4) is 0 Å². The second-order valence-corrected chi connectivity index (χ2v) is 6.78. The lowest BCUT2D eigenvalue weighted by atomic mass is 10.1. The van der Waals surface area contributed by atoms with Gasteiger partial charge in [-0.3, -0.25) is 9.35 Å². The maximum atomic E-state index is 10.6. The van der Waals surface area contributed by atoms with E-state index in [0.717, 1.165) is 11.0 Å². The Hall–Kier alpha value is -1.86. The molecule has 0 aromatic heterocycles. The summed E-state index contributed by atoms with van der Waals surface area (Å²) in [6, 6.07) is 13.5. The first-order valence-electron chi connectivity index (χ1n) is 6.56. The van der Waals surface area contributed by atoms with Crippen LogP contribution in [0, 0.1) is 0 Å². The highest BCUT2D eigenvalue weighted by Crippen LogP contribution is 2.20. The molecule has 0 spiro atoms. The van der Waals surface area contributed by atoms with Crippen molar-refractivity contribution in [1.82, 2.24) is 0 Å². The summed E-state index contributed by atoms with van der Waals surface area (Å²) in [6.45, 7) is 1.63. The third-order valence-electron chi connectivity index (χ3n) is 2.75. The van der Waals surface area contributed by atoms with Crippen LogP contribution in [0.1, 0.15) is 22.8 Å². The van der Waals surface area contributed by atoms with Crippen molar-refractivity contribution in [3.05, 3.63) is 75.1 Å². The predicted molar refractivity (Wildman–Crippen MR) is 96.6 cm³/mol. The third kappa shape index (κ3) is 7.14. The van der Waals surface area contributed by atoms with Crippen molar-refractivity contribution in [1.29, 1.82) is 0 Å². The van der Waals surface area contributed by atoms with Crippen LogP contribution in [0.25, 0.3) is 5.57 Å². The number of nitrogens with two attached hydrogens (primary N) is 1. The van der Waals surface area contributed by atoms with Crippen LogP contribution >= 0.6 is 23.2 Å². The molecular weight excluding hydrogens is 373 g/mol. The number of hydrogen-bond acceptors (Lipinski definition) is 3. The molecule has 8 heteroatoms. The third-order valence-corrected chi connectivity index (χ3v) is 3.95. The number of allylic oxidation sites excluding steroid dienone is 1. The lowest BCUT2D eigenvalue weighted by Crippen LogP contribution is -2.11. The predicted octanol–water partition coefficient (Wildman–Crippen LogP) is 4.03. The first-order valence-corrected chi connectivity index (χ1v) is 8.82. The van der Waals surface area contributed by atoms with Gasteiger partial charge in [0.2, 0.25) is 5.91 Å². The second-order valence-electron chi connectivity index (χ2n) is 4.67. The van der Waals surface area contributed by atoms with Crippen LogP contribution in [0.2, 0.25) is 10.0 Å². The molecule has 0 heterocycles. The largest absolute Gasteiger partial charge is 0.366 e. The van der Waals surface area contributed by atoms with Gasteiger partial charge in [0.05, 0.1) is 16.0 Å². The highest BCUT2D eigenvalue weighted by molar-refractivity contribution is 7.89. The Balaban J connectivity index is 0.000000243. The van der Waals surface area contributed by atoms with Crippen molar-refractivity contribution in [2.75, 3.05) is 0 Å². The van der Waals surface area contributed by atoms with Gasteiger partial charge >= 0.3 is 0 Å². The van der Waals surface area contributed by atoms with Crippen molar-refractivity contribution in [2.24, 2.45) is 5.73 Å². The van der Waals surface area contributed by atoms with Gasteiger partial charge in [-0.1, -0.05) is 53.5 Å². The molecule has 0 aliphatic carbocycles. The van der Waals surface area contributed by atoms with Gasteiger partial charge in [0, 0.05) is 5.02 Å². The quantitative estimate of drug-likeness (QED) is 0.776. The van der Waals surface area contributed by atoms with Gasteiger partial charge in [0.15, 0.2) is 0 Å². The Kier molecular flexibility index (Phi) is 7.44. The maximum absolute atomic E-state index is 10.6. The Labute approximate surface area is 150 Å². The molecule has 3 N–H and O–H groups in total. The van der Waals surface area contributed by atoms with E-state index < -0.39 is 16.0 Å². The van der Waals surface area contributed by atoms with E-state index in [2.05, 4.69) is 0 Å². The summed E-state index contributed by atoms with van der Waals surface area (Å²) in [6.07, 6.45) is 0. The summed E-state index contributed by atoms with van der Waals surface area (Å²) in [7, 11) is -4.03. The number of carbonyl (C=O) groups excluding carboxylic acids is 1. The molecule has 0 atom stereocenters. The van der Waals surface area contributed by atoms with Crippen LogP contribution in [0.4, 0.5) is 0 Å². The van der Waals surface area contributed by atoms with Crippen molar-refractivity contribution in [3.8, 4) is 0 Å². The van der Waals surface area contributed by atoms with Gasteiger partial charge in [-0.2, -0.15) is 8.42 Å². The molecule has 5 nitrogen and oxygen atoms in total. The average molecular weight is 388 g/mol. The highest BCUT2D eigenvalue weighted by Gasteiger charge is 2.05. The van der Waals surface area contributed by atoms with E-state index in [1.165, 1.54) is 12.1 Å². The van der Waals surface area contributed by atoms with Crippen LogP contribution in [0.5, 0.6) is 0 Å². The minimum Gasteiger partial charge on any atom is -0.366 e. The lowest BCUT2D eigenvalue weighted by Gasteiger charge is -1.98. The van der Waals surface area contributed by atoms with Gasteiger partial charge in [0.1, 0.15) is 0 Å². The second kappa shape index (κ2) is 8.84. The highest BCUT2D eigenvalue weighted by atomic mass is 35.5. The van der Waals surface area contributed by atoms with E-state index in [0.29, 0.717) is 10.6 Å². The first kappa shape index (κ1) is 20.2. The topological polar surface area (TPSA) is 97.5 Å². The molecule has 2 aromatic rings. The van der Waals surface area contributed by atoms with Crippen molar-refractivity contribution in [2.45, 2.75) is 6.92 Å². The summed E-state index contributed by atoms with van der Waals surface area (Å²) in [5.41, 5.74) is 6.58. The minimum absolute atomic E-state index is 0.282. The zero-order valence-corrected chi connectivity index (χ0v) is 14.9. The number of primary amides is 1. The van der Waals surface area contributed by atoms with E-state index in [1.807, 2.05) is 6.07 Å². The molecular formula is C16H15Cl2NO4S. The average Bonchev–Trinajstić information content (AvgIpc) is 2.46. The zero-order valence-electron chi connectivity index (χ0n) is 12.6. The van der Waals surface area contributed by atoms with E-state index in [-0.39, 0.29) is 10.6 Å². The molecule has 0 saturated heterocycles. The monoisotopic (exact) mass is 387 g/mol. The summed E-state index contributed by atoms with van der Waals surface area (Å²) >= 11 is 11.2. The van der Waals surface area contributed by atoms with Crippen LogP contribution in [-0.4, -0.2) is 18.9 Å².